The molecule has 1 nitrogen and oxygen atoms in total. The molecule has 0 unspecified atom stereocenters. The van der Waals surface area contributed by atoms with Gasteiger partial charge in [-0.2, -0.15) is 0 Å². The molecule has 16 heavy (non-hydrogen) atoms. The molecule has 1 rings (SSSR count). The first-order chi connectivity index (χ1) is 7.23. The minimum absolute atomic E-state index is 0.259. The van der Waals surface area contributed by atoms with Gasteiger partial charge in [0.2, 0.25) is 0 Å². The highest BCUT2D eigenvalue weighted by Gasteiger charge is 2.20. The van der Waals surface area contributed by atoms with Crippen LogP contribution in [0.3, 0.4) is 0 Å². The number of hydrogen-bond donors (Lipinski definition) is 1. The highest BCUT2D eigenvalue weighted by atomic mass is 14.7. The molecule has 0 spiro atoms. The van der Waals surface area contributed by atoms with Gasteiger partial charge in [-0.15, -0.1) is 0 Å². The van der Waals surface area contributed by atoms with Gasteiger partial charge in [-0.3, -0.25) is 0 Å². The van der Waals surface area contributed by atoms with Crippen molar-refractivity contribution >= 4 is 0 Å². The molecule has 0 saturated heterocycles. The van der Waals surface area contributed by atoms with Crippen LogP contribution in [0.2, 0.25) is 0 Å². The van der Waals surface area contributed by atoms with Crippen molar-refractivity contribution in [1.29, 1.82) is 0 Å². The molecule has 0 aliphatic carbocycles. The minimum Gasteiger partial charge on any atom is -0.322 e. The van der Waals surface area contributed by atoms with Gasteiger partial charge < -0.3 is 5.73 Å². The molecule has 1 heteroatoms. The van der Waals surface area contributed by atoms with Gasteiger partial charge in [0.25, 0.3) is 0 Å². The lowest BCUT2D eigenvalue weighted by molar-refractivity contribution is 0.542. The van der Waals surface area contributed by atoms with E-state index in [1.807, 2.05) is 0 Å². The maximum Gasteiger partial charge on any atom is 0.0355 e. The fourth-order valence-corrected chi connectivity index (χ4v) is 1.99. The van der Waals surface area contributed by atoms with Crippen LogP contribution in [-0.2, 0) is 5.54 Å². The second-order valence-corrected chi connectivity index (χ2v) is 5.88. The van der Waals surface area contributed by atoms with Crippen LogP contribution in [0.1, 0.15) is 70.1 Å². The Morgan fingerprint density at radius 3 is 1.94 bits per heavy atom. The summed E-state index contributed by atoms with van der Waals surface area (Å²) in [5.74, 6) is 1.08. The van der Waals surface area contributed by atoms with Crippen molar-refractivity contribution in [3.05, 3.63) is 34.9 Å². The second kappa shape index (κ2) is 4.58. The zero-order valence-corrected chi connectivity index (χ0v) is 11.5. The lowest BCUT2D eigenvalue weighted by Gasteiger charge is -2.26. The van der Waals surface area contributed by atoms with Crippen molar-refractivity contribution in [2.75, 3.05) is 0 Å². The Kier molecular flexibility index (Phi) is 3.80. The summed E-state index contributed by atoms with van der Waals surface area (Å²) >= 11 is 0. The highest BCUT2D eigenvalue weighted by molar-refractivity contribution is 5.39. The van der Waals surface area contributed by atoms with E-state index in [0.29, 0.717) is 11.8 Å². The van der Waals surface area contributed by atoms with Crippen molar-refractivity contribution in [2.24, 2.45) is 5.73 Å². The van der Waals surface area contributed by atoms with Crippen molar-refractivity contribution in [2.45, 2.75) is 58.9 Å². The first-order valence-electron chi connectivity index (χ1n) is 6.16. The molecule has 0 saturated carbocycles. The Morgan fingerprint density at radius 1 is 1.00 bits per heavy atom. The van der Waals surface area contributed by atoms with Gasteiger partial charge in [0.1, 0.15) is 0 Å². The molecule has 0 aliphatic rings. The molecule has 0 atom stereocenters. The van der Waals surface area contributed by atoms with Crippen LogP contribution < -0.4 is 5.73 Å². The molecule has 90 valence electrons. The fourth-order valence-electron chi connectivity index (χ4n) is 1.99. The Hall–Kier alpha value is -0.820. The molecular weight excluding hydrogens is 194 g/mol. The van der Waals surface area contributed by atoms with Crippen LogP contribution in [-0.4, -0.2) is 0 Å². The maximum absolute atomic E-state index is 6.26. The molecule has 0 radical (unpaired) electrons. The molecule has 0 fully saturated rings. The van der Waals surface area contributed by atoms with Crippen LogP contribution >= 0.6 is 0 Å². The summed E-state index contributed by atoms with van der Waals surface area (Å²) in [4.78, 5) is 0. The largest absolute Gasteiger partial charge is 0.322 e. The monoisotopic (exact) mass is 219 g/mol. The van der Waals surface area contributed by atoms with Gasteiger partial charge in [-0.25, -0.2) is 0 Å². The summed E-state index contributed by atoms with van der Waals surface area (Å²) in [5, 5.41) is 0. The third-order valence-electron chi connectivity index (χ3n) is 3.06. The van der Waals surface area contributed by atoms with Crippen LogP contribution in [0.4, 0.5) is 0 Å². The van der Waals surface area contributed by atoms with E-state index >= 15 is 0 Å². The van der Waals surface area contributed by atoms with E-state index in [9.17, 15) is 0 Å². The summed E-state index contributed by atoms with van der Waals surface area (Å²) in [5.41, 5.74) is 10.0. The predicted molar refractivity (Wildman–Crippen MR) is 71.8 cm³/mol. The molecular formula is C15H25N. The summed E-state index contributed by atoms with van der Waals surface area (Å²) in [6.07, 6.45) is 0. The molecule has 0 aromatic heterocycles. The number of hydrogen-bond acceptors (Lipinski definition) is 1. The van der Waals surface area contributed by atoms with Crippen LogP contribution in [0.5, 0.6) is 0 Å². The fraction of sp³-hybridized carbons (Fsp3) is 0.600. The lowest BCUT2D eigenvalue weighted by Crippen LogP contribution is -2.30. The van der Waals surface area contributed by atoms with E-state index in [1.165, 1.54) is 16.7 Å². The minimum atomic E-state index is -0.259. The maximum atomic E-state index is 6.26. The van der Waals surface area contributed by atoms with Crippen molar-refractivity contribution in [1.82, 2.24) is 0 Å². The van der Waals surface area contributed by atoms with E-state index in [1.54, 1.807) is 0 Å². The Bertz CT molecular complexity index is 356. The van der Waals surface area contributed by atoms with E-state index in [-0.39, 0.29) is 5.54 Å². The van der Waals surface area contributed by atoms with E-state index in [2.05, 4.69) is 59.7 Å². The normalized spacial score (nSPS) is 12.6. The third-order valence-corrected chi connectivity index (χ3v) is 3.06. The van der Waals surface area contributed by atoms with Crippen molar-refractivity contribution in [3.8, 4) is 0 Å². The number of benzene rings is 1. The Balaban J connectivity index is 3.33. The average Bonchev–Trinajstić information content (AvgIpc) is 2.15. The van der Waals surface area contributed by atoms with Crippen LogP contribution in [0.15, 0.2) is 18.2 Å². The Morgan fingerprint density at radius 2 is 1.56 bits per heavy atom. The standard InChI is InChI=1S/C15H25N/c1-10(2)12-7-8-13(11(3)4)14(9-12)15(5,6)16/h7-11H,16H2,1-6H3. The van der Waals surface area contributed by atoms with Gasteiger partial charge in [0.15, 0.2) is 0 Å². The molecule has 1 aromatic carbocycles. The average molecular weight is 219 g/mol. The highest BCUT2D eigenvalue weighted by Crippen LogP contribution is 2.30. The number of rotatable bonds is 3. The molecule has 0 aliphatic heterocycles. The summed E-state index contributed by atoms with van der Waals surface area (Å²) in [6.45, 7) is 13.0. The SMILES string of the molecule is CC(C)c1ccc(C(C)C)c(C(C)(C)N)c1. The van der Waals surface area contributed by atoms with E-state index in [0.717, 1.165) is 0 Å². The topological polar surface area (TPSA) is 26.0 Å². The van der Waals surface area contributed by atoms with E-state index < -0.39 is 0 Å². The van der Waals surface area contributed by atoms with E-state index in [4.69, 9.17) is 5.73 Å². The predicted octanol–water partition coefficient (Wildman–Crippen LogP) is 4.13. The van der Waals surface area contributed by atoms with Gasteiger partial charge in [-0.05, 0) is 42.4 Å². The smallest absolute Gasteiger partial charge is 0.0355 e. The zero-order valence-electron chi connectivity index (χ0n) is 11.5. The lowest BCUT2D eigenvalue weighted by atomic mass is 9.83. The van der Waals surface area contributed by atoms with Crippen molar-refractivity contribution < 1.29 is 0 Å². The molecule has 0 amide bonds. The van der Waals surface area contributed by atoms with Gasteiger partial charge in [-0.1, -0.05) is 45.9 Å². The first kappa shape index (κ1) is 13.2. The Labute approximate surface area is 100 Å². The number of nitrogens with two attached hydrogens (primary N) is 1. The van der Waals surface area contributed by atoms with Crippen molar-refractivity contribution in [3.63, 3.8) is 0 Å². The summed E-state index contributed by atoms with van der Waals surface area (Å²) in [6, 6.07) is 6.75. The molecule has 0 bridgehead atoms. The van der Waals surface area contributed by atoms with Crippen LogP contribution in [0.25, 0.3) is 0 Å². The molecule has 2 N–H and O–H groups in total. The summed E-state index contributed by atoms with van der Waals surface area (Å²) < 4.78 is 0. The second-order valence-electron chi connectivity index (χ2n) is 5.88. The van der Waals surface area contributed by atoms with Crippen LogP contribution in [0, 0.1) is 0 Å². The molecule has 1 aromatic rings. The summed E-state index contributed by atoms with van der Waals surface area (Å²) in [7, 11) is 0. The quantitative estimate of drug-likeness (QED) is 0.813. The first-order valence-corrected chi connectivity index (χ1v) is 6.16. The van der Waals surface area contributed by atoms with Gasteiger partial charge in [0, 0.05) is 5.54 Å². The van der Waals surface area contributed by atoms with Gasteiger partial charge >= 0.3 is 0 Å². The third kappa shape index (κ3) is 2.85. The molecule has 0 heterocycles. The van der Waals surface area contributed by atoms with Gasteiger partial charge in [0.05, 0.1) is 0 Å². The zero-order chi connectivity index (χ0) is 12.5.